The smallest absolute Gasteiger partial charge is 0.276 e. The number of hydrogen-bond acceptors (Lipinski definition) is 4. The molecule has 0 saturated heterocycles. The second-order valence-electron chi connectivity index (χ2n) is 5.61. The fraction of sp³-hybridized carbons (Fsp3) is 0.100. The van der Waals surface area contributed by atoms with Gasteiger partial charge < -0.3 is 9.47 Å². The summed E-state index contributed by atoms with van der Waals surface area (Å²) in [6.45, 7) is -0.249. The Kier molecular flexibility index (Phi) is 5.78. The molecule has 0 spiro atoms. The predicted octanol–water partition coefficient (Wildman–Crippen LogP) is 3.34. The highest BCUT2D eigenvalue weighted by Crippen LogP contribution is 2.25. The molecule has 0 aromatic heterocycles. The van der Waals surface area contributed by atoms with Crippen molar-refractivity contribution in [3.63, 3.8) is 0 Å². The maximum absolute atomic E-state index is 12.2. The van der Waals surface area contributed by atoms with Gasteiger partial charge >= 0.3 is 0 Å². The minimum atomic E-state index is -0.548. The summed E-state index contributed by atoms with van der Waals surface area (Å²) in [6.07, 6.45) is 0. The summed E-state index contributed by atoms with van der Waals surface area (Å²) >= 11 is 5.90. The van der Waals surface area contributed by atoms with E-state index in [1.807, 2.05) is 36.4 Å². The van der Waals surface area contributed by atoms with Gasteiger partial charge in [-0.15, -0.1) is 0 Å². The Labute approximate surface area is 161 Å². The molecule has 27 heavy (non-hydrogen) atoms. The van der Waals surface area contributed by atoms with E-state index in [2.05, 4.69) is 10.9 Å². The number of hydrazine groups is 1. The molecule has 0 fully saturated rings. The molecule has 0 unspecified atom stereocenters. The molecule has 0 aliphatic rings. The molecule has 2 N–H and O–H groups in total. The maximum Gasteiger partial charge on any atom is 0.276 e. The summed E-state index contributed by atoms with van der Waals surface area (Å²) in [6, 6.07) is 17.9. The van der Waals surface area contributed by atoms with Gasteiger partial charge in [0.25, 0.3) is 11.8 Å². The second kappa shape index (κ2) is 8.42. The molecule has 0 bridgehead atoms. The number of rotatable bonds is 5. The quantitative estimate of drug-likeness (QED) is 0.661. The van der Waals surface area contributed by atoms with Crippen LogP contribution in [0.3, 0.4) is 0 Å². The standard InChI is InChI=1S/C20H17ClN2O4/c1-26-17-10-9-14(21)11-16(17)20(25)23-22-19(24)12-27-18-8-4-6-13-5-2-3-7-15(13)18/h2-11H,12H2,1H3,(H,22,24)(H,23,25). The monoisotopic (exact) mass is 384 g/mol. The van der Waals surface area contributed by atoms with Gasteiger partial charge in [0.15, 0.2) is 6.61 Å². The number of benzene rings is 3. The van der Waals surface area contributed by atoms with Gasteiger partial charge in [0.2, 0.25) is 0 Å². The van der Waals surface area contributed by atoms with Crippen LogP contribution in [0.25, 0.3) is 10.8 Å². The highest BCUT2D eigenvalue weighted by molar-refractivity contribution is 6.31. The molecule has 0 aliphatic heterocycles. The molecule has 0 heterocycles. The van der Waals surface area contributed by atoms with E-state index in [0.29, 0.717) is 16.5 Å². The van der Waals surface area contributed by atoms with Gasteiger partial charge in [0, 0.05) is 10.4 Å². The first-order chi connectivity index (χ1) is 13.1. The number of halogens is 1. The zero-order valence-corrected chi connectivity index (χ0v) is 15.2. The van der Waals surface area contributed by atoms with Crippen molar-refractivity contribution in [2.75, 3.05) is 13.7 Å². The molecular weight excluding hydrogens is 368 g/mol. The molecule has 0 radical (unpaired) electrons. The van der Waals surface area contributed by atoms with E-state index in [9.17, 15) is 9.59 Å². The lowest BCUT2D eigenvalue weighted by atomic mass is 10.1. The lowest BCUT2D eigenvalue weighted by Crippen LogP contribution is -2.43. The molecule has 2 amide bonds. The lowest BCUT2D eigenvalue weighted by Gasteiger charge is -2.12. The number of carbonyl (C=O) groups excluding carboxylic acids is 2. The molecule has 6 nitrogen and oxygen atoms in total. The summed E-state index contributed by atoms with van der Waals surface area (Å²) < 4.78 is 10.7. The van der Waals surface area contributed by atoms with Crippen LogP contribution in [0.2, 0.25) is 5.02 Å². The molecule has 3 aromatic carbocycles. The summed E-state index contributed by atoms with van der Waals surface area (Å²) in [5.74, 6) is -0.116. The zero-order valence-electron chi connectivity index (χ0n) is 14.5. The third-order valence-corrected chi connectivity index (χ3v) is 4.07. The van der Waals surface area contributed by atoms with E-state index in [-0.39, 0.29) is 12.2 Å². The average molecular weight is 385 g/mol. The van der Waals surface area contributed by atoms with Gasteiger partial charge in [-0.3, -0.25) is 20.4 Å². The van der Waals surface area contributed by atoms with Crippen molar-refractivity contribution < 1.29 is 19.1 Å². The minimum absolute atomic E-state index is 0.209. The molecule has 0 atom stereocenters. The number of methoxy groups -OCH3 is 1. The van der Waals surface area contributed by atoms with Crippen LogP contribution < -0.4 is 20.3 Å². The van der Waals surface area contributed by atoms with E-state index in [4.69, 9.17) is 21.1 Å². The number of hydrogen-bond donors (Lipinski definition) is 2. The lowest BCUT2D eigenvalue weighted by molar-refractivity contribution is -0.123. The summed E-state index contributed by atoms with van der Waals surface area (Å²) in [4.78, 5) is 24.2. The van der Waals surface area contributed by atoms with Gasteiger partial charge in [-0.1, -0.05) is 48.0 Å². The zero-order chi connectivity index (χ0) is 19.2. The van der Waals surface area contributed by atoms with E-state index in [0.717, 1.165) is 10.8 Å². The summed E-state index contributed by atoms with van der Waals surface area (Å²) in [5, 5.41) is 2.30. The largest absolute Gasteiger partial charge is 0.496 e. The van der Waals surface area contributed by atoms with Crippen molar-refractivity contribution >= 4 is 34.2 Å². The molecule has 7 heteroatoms. The normalized spacial score (nSPS) is 10.3. The van der Waals surface area contributed by atoms with Crippen molar-refractivity contribution in [2.45, 2.75) is 0 Å². The van der Waals surface area contributed by atoms with E-state index >= 15 is 0 Å². The van der Waals surface area contributed by atoms with Crippen LogP contribution in [-0.4, -0.2) is 25.5 Å². The maximum atomic E-state index is 12.2. The summed E-state index contributed by atoms with van der Waals surface area (Å²) in [5.41, 5.74) is 4.83. The van der Waals surface area contributed by atoms with E-state index < -0.39 is 11.8 Å². The SMILES string of the molecule is COc1ccc(Cl)cc1C(=O)NNC(=O)COc1cccc2ccccc12. The average Bonchev–Trinajstić information content (AvgIpc) is 2.70. The van der Waals surface area contributed by atoms with Crippen molar-refractivity contribution in [1.82, 2.24) is 10.9 Å². The van der Waals surface area contributed by atoms with Gasteiger partial charge in [-0.25, -0.2) is 0 Å². The molecule has 0 aliphatic carbocycles. The van der Waals surface area contributed by atoms with Crippen LogP contribution in [-0.2, 0) is 4.79 Å². The van der Waals surface area contributed by atoms with Crippen LogP contribution in [0, 0.1) is 0 Å². The Morgan fingerprint density at radius 2 is 1.74 bits per heavy atom. The molecular formula is C20H17ClN2O4. The Balaban J connectivity index is 1.58. The Morgan fingerprint density at radius 3 is 2.56 bits per heavy atom. The topological polar surface area (TPSA) is 76.7 Å². The first kappa shape index (κ1) is 18.5. The van der Waals surface area contributed by atoms with Crippen molar-refractivity contribution in [1.29, 1.82) is 0 Å². The fourth-order valence-corrected chi connectivity index (χ4v) is 2.72. The Morgan fingerprint density at radius 1 is 0.963 bits per heavy atom. The fourth-order valence-electron chi connectivity index (χ4n) is 2.55. The number of ether oxygens (including phenoxy) is 2. The number of amides is 2. The highest BCUT2D eigenvalue weighted by atomic mass is 35.5. The molecule has 0 saturated carbocycles. The van der Waals surface area contributed by atoms with Crippen LogP contribution in [0.1, 0.15) is 10.4 Å². The van der Waals surface area contributed by atoms with Gasteiger partial charge in [-0.2, -0.15) is 0 Å². The highest BCUT2D eigenvalue weighted by Gasteiger charge is 2.14. The second-order valence-corrected chi connectivity index (χ2v) is 6.05. The van der Waals surface area contributed by atoms with E-state index in [1.165, 1.54) is 13.2 Å². The Bertz CT molecular complexity index is 985. The van der Waals surface area contributed by atoms with Crippen molar-refractivity contribution in [3.8, 4) is 11.5 Å². The number of carbonyl (C=O) groups is 2. The third-order valence-electron chi connectivity index (χ3n) is 3.83. The predicted molar refractivity (Wildman–Crippen MR) is 103 cm³/mol. The Hall–Kier alpha value is -3.25. The molecule has 3 rings (SSSR count). The summed E-state index contributed by atoms with van der Waals surface area (Å²) in [7, 11) is 1.44. The number of nitrogens with one attached hydrogen (secondary N) is 2. The van der Waals surface area contributed by atoms with Crippen LogP contribution >= 0.6 is 11.6 Å². The van der Waals surface area contributed by atoms with Crippen LogP contribution in [0.4, 0.5) is 0 Å². The van der Waals surface area contributed by atoms with E-state index in [1.54, 1.807) is 18.2 Å². The third kappa shape index (κ3) is 4.48. The van der Waals surface area contributed by atoms with Crippen LogP contribution in [0.15, 0.2) is 60.7 Å². The first-order valence-corrected chi connectivity index (χ1v) is 8.49. The van der Waals surface area contributed by atoms with Crippen molar-refractivity contribution in [2.24, 2.45) is 0 Å². The van der Waals surface area contributed by atoms with Gasteiger partial charge in [-0.05, 0) is 29.7 Å². The van der Waals surface area contributed by atoms with Crippen LogP contribution in [0.5, 0.6) is 11.5 Å². The first-order valence-electron chi connectivity index (χ1n) is 8.12. The van der Waals surface area contributed by atoms with Gasteiger partial charge in [0.1, 0.15) is 11.5 Å². The van der Waals surface area contributed by atoms with Crippen molar-refractivity contribution in [3.05, 3.63) is 71.2 Å². The minimum Gasteiger partial charge on any atom is -0.496 e. The molecule has 138 valence electrons. The number of fused-ring (bicyclic) bond motifs is 1. The molecule has 3 aromatic rings. The van der Waals surface area contributed by atoms with Gasteiger partial charge in [0.05, 0.1) is 12.7 Å².